The van der Waals surface area contributed by atoms with Crippen LogP contribution < -0.4 is 0 Å². The fourth-order valence-corrected chi connectivity index (χ4v) is 2.15. The topological polar surface area (TPSA) is 3.24 Å². The van der Waals surface area contributed by atoms with Crippen LogP contribution in [0, 0.1) is 0 Å². The maximum absolute atomic E-state index is 2.34. The van der Waals surface area contributed by atoms with E-state index in [1.807, 2.05) is 0 Å². The molecule has 0 aliphatic carbocycles. The lowest BCUT2D eigenvalue weighted by molar-refractivity contribution is 0.456. The van der Waals surface area contributed by atoms with Crippen molar-refractivity contribution in [3.05, 3.63) is 12.2 Å². The Hall–Kier alpha value is 0.180. The Kier molecular flexibility index (Phi) is 20.6. The molecule has 0 N–H and O–H groups in total. The average molecular weight is 334 g/mol. The highest BCUT2D eigenvalue weighted by molar-refractivity contribution is 8.93. The van der Waals surface area contributed by atoms with E-state index in [1.165, 1.54) is 70.6 Å². The Labute approximate surface area is 132 Å². The van der Waals surface area contributed by atoms with Crippen molar-refractivity contribution in [3.63, 3.8) is 0 Å². The molecule has 1 nitrogen and oxygen atoms in total. The number of hydrogen-bond acceptors (Lipinski definition) is 1. The van der Waals surface area contributed by atoms with E-state index in [9.17, 15) is 0 Å². The molecule has 0 amide bonds. The molecule has 0 aromatic heterocycles. The minimum absolute atomic E-state index is 0. The summed E-state index contributed by atoms with van der Waals surface area (Å²) < 4.78 is 0. The SMILES string of the molecule is Br.CCCCCCCCCCCCC=CCN(C)C. The van der Waals surface area contributed by atoms with Crippen molar-refractivity contribution in [2.45, 2.75) is 77.6 Å². The molecule has 0 unspecified atom stereocenters. The van der Waals surface area contributed by atoms with Crippen molar-refractivity contribution < 1.29 is 0 Å². The van der Waals surface area contributed by atoms with E-state index >= 15 is 0 Å². The summed E-state index contributed by atoms with van der Waals surface area (Å²) in [5, 5.41) is 0. The molecule has 0 bridgehead atoms. The third-order valence-corrected chi connectivity index (χ3v) is 3.36. The number of allylic oxidation sites excluding steroid dienone is 1. The minimum Gasteiger partial charge on any atom is -0.306 e. The fraction of sp³-hybridized carbons (Fsp3) is 0.882. The predicted molar refractivity (Wildman–Crippen MR) is 94.5 cm³/mol. The zero-order chi connectivity index (χ0) is 13.5. The van der Waals surface area contributed by atoms with Crippen LogP contribution in [0.4, 0.5) is 0 Å². The summed E-state index contributed by atoms with van der Waals surface area (Å²) >= 11 is 0. The molecule has 116 valence electrons. The van der Waals surface area contributed by atoms with Gasteiger partial charge in [-0.05, 0) is 26.9 Å². The first-order chi connectivity index (χ1) is 8.77. The van der Waals surface area contributed by atoms with Gasteiger partial charge in [0, 0.05) is 6.54 Å². The third-order valence-electron chi connectivity index (χ3n) is 3.36. The van der Waals surface area contributed by atoms with Crippen LogP contribution in [0.1, 0.15) is 77.6 Å². The van der Waals surface area contributed by atoms with Crippen molar-refractivity contribution in [2.24, 2.45) is 0 Å². The fourth-order valence-electron chi connectivity index (χ4n) is 2.15. The van der Waals surface area contributed by atoms with E-state index in [2.05, 4.69) is 38.1 Å². The highest BCUT2D eigenvalue weighted by Crippen LogP contribution is 2.11. The molecule has 0 saturated carbocycles. The molecule has 0 aliphatic heterocycles. The first-order valence-corrected chi connectivity index (χ1v) is 8.07. The van der Waals surface area contributed by atoms with E-state index < -0.39 is 0 Å². The number of rotatable bonds is 13. The minimum atomic E-state index is 0. The van der Waals surface area contributed by atoms with Crippen LogP contribution in [0.5, 0.6) is 0 Å². The van der Waals surface area contributed by atoms with Crippen LogP contribution in [0.15, 0.2) is 12.2 Å². The summed E-state index contributed by atoms with van der Waals surface area (Å²) in [6.45, 7) is 3.37. The lowest BCUT2D eigenvalue weighted by atomic mass is 10.1. The van der Waals surface area contributed by atoms with Gasteiger partial charge in [-0.1, -0.05) is 76.9 Å². The first kappa shape index (κ1) is 21.5. The zero-order valence-electron chi connectivity index (χ0n) is 13.5. The van der Waals surface area contributed by atoms with Crippen molar-refractivity contribution in [2.75, 3.05) is 20.6 Å². The largest absolute Gasteiger partial charge is 0.306 e. The van der Waals surface area contributed by atoms with E-state index in [4.69, 9.17) is 0 Å². The Balaban J connectivity index is 0. The summed E-state index contributed by atoms with van der Waals surface area (Å²) in [5.74, 6) is 0. The van der Waals surface area contributed by atoms with Crippen molar-refractivity contribution in [3.8, 4) is 0 Å². The second kappa shape index (κ2) is 18.2. The predicted octanol–water partition coefficient (Wildman–Crippen LogP) is 5.99. The smallest absolute Gasteiger partial charge is 0.0157 e. The molecule has 0 saturated heterocycles. The zero-order valence-corrected chi connectivity index (χ0v) is 15.2. The number of hydrogen-bond donors (Lipinski definition) is 0. The van der Waals surface area contributed by atoms with Crippen molar-refractivity contribution in [1.29, 1.82) is 0 Å². The molecule has 0 atom stereocenters. The number of nitrogens with zero attached hydrogens (tertiary/aromatic N) is 1. The second-order valence-corrected chi connectivity index (χ2v) is 5.70. The van der Waals surface area contributed by atoms with Crippen LogP contribution in [-0.2, 0) is 0 Å². The van der Waals surface area contributed by atoms with Gasteiger partial charge in [0.1, 0.15) is 0 Å². The van der Waals surface area contributed by atoms with Gasteiger partial charge in [-0.25, -0.2) is 0 Å². The lowest BCUT2D eigenvalue weighted by Crippen LogP contribution is -2.10. The summed E-state index contributed by atoms with van der Waals surface area (Å²) in [5.41, 5.74) is 0. The van der Waals surface area contributed by atoms with Crippen molar-refractivity contribution in [1.82, 2.24) is 4.90 Å². The molecule has 0 heterocycles. The maximum atomic E-state index is 2.34. The molecule has 0 radical (unpaired) electrons. The summed E-state index contributed by atoms with van der Waals surface area (Å²) in [7, 11) is 4.23. The van der Waals surface area contributed by atoms with Gasteiger partial charge in [0.2, 0.25) is 0 Å². The Morgan fingerprint density at radius 1 is 0.684 bits per heavy atom. The van der Waals surface area contributed by atoms with Crippen molar-refractivity contribution >= 4 is 17.0 Å². The van der Waals surface area contributed by atoms with Crippen LogP contribution in [0.2, 0.25) is 0 Å². The summed E-state index contributed by atoms with van der Waals surface area (Å²) in [4.78, 5) is 2.20. The average Bonchev–Trinajstić information content (AvgIpc) is 2.34. The van der Waals surface area contributed by atoms with Gasteiger partial charge in [0.25, 0.3) is 0 Å². The Morgan fingerprint density at radius 3 is 1.63 bits per heavy atom. The van der Waals surface area contributed by atoms with Gasteiger partial charge >= 0.3 is 0 Å². The van der Waals surface area contributed by atoms with Gasteiger partial charge < -0.3 is 4.90 Å². The lowest BCUT2D eigenvalue weighted by Gasteiger charge is -2.03. The first-order valence-electron chi connectivity index (χ1n) is 8.07. The van der Waals surface area contributed by atoms with Gasteiger partial charge in [0.05, 0.1) is 0 Å². The van der Waals surface area contributed by atoms with E-state index in [0.29, 0.717) is 0 Å². The standard InChI is InChI=1S/C17H35N.BrH/c1-4-5-6-7-8-9-10-11-12-13-14-15-16-17-18(2)3;/h15-16H,4-14,17H2,1-3H3;1H. The van der Waals surface area contributed by atoms with Crippen LogP contribution >= 0.6 is 17.0 Å². The van der Waals surface area contributed by atoms with E-state index in [0.717, 1.165) is 6.54 Å². The summed E-state index contributed by atoms with van der Waals surface area (Å²) in [6, 6.07) is 0. The number of likely N-dealkylation sites (N-methyl/N-ethyl adjacent to an activating group) is 1. The highest BCUT2D eigenvalue weighted by Gasteiger charge is 1.91. The molecular weight excluding hydrogens is 298 g/mol. The molecule has 0 fully saturated rings. The number of unbranched alkanes of at least 4 members (excludes halogenated alkanes) is 10. The molecule has 0 aromatic carbocycles. The van der Waals surface area contributed by atoms with Crippen LogP contribution in [-0.4, -0.2) is 25.5 Å². The monoisotopic (exact) mass is 333 g/mol. The van der Waals surface area contributed by atoms with Crippen LogP contribution in [0.3, 0.4) is 0 Å². The molecule has 0 aliphatic rings. The Morgan fingerprint density at radius 2 is 1.16 bits per heavy atom. The molecule has 0 spiro atoms. The molecule has 0 aromatic rings. The van der Waals surface area contributed by atoms with Gasteiger partial charge in [-0.15, -0.1) is 17.0 Å². The molecule has 0 rings (SSSR count). The van der Waals surface area contributed by atoms with Crippen LogP contribution in [0.25, 0.3) is 0 Å². The second-order valence-electron chi connectivity index (χ2n) is 5.70. The summed E-state index contributed by atoms with van der Waals surface area (Å²) in [6.07, 6.45) is 20.2. The Bertz CT molecular complexity index is 178. The normalized spacial score (nSPS) is 11.2. The van der Waals surface area contributed by atoms with E-state index in [1.54, 1.807) is 0 Å². The van der Waals surface area contributed by atoms with Gasteiger partial charge in [0.15, 0.2) is 0 Å². The van der Waals surface area contributed by atoms with Gasteiger partial charge in [-0.2, -0.15) is 0 Å². The molecular formula is C17H36BrN. The maximum Gasteiger partial charge on any atom is 0.0157 e. The molecule has 2 heteroatoms. The third kappa shape index (κ3) is 20.7. The molecule has 19 heavy (non-hydrogen) atoms. The van der Waals surface area contributed by atoms with Gasteiger partial charge in [-0.3, -0.25) is 0 Å². The highest BCUT2D eigenvalue weighted by atomic mass is 79.9. The van der Waals surface area contributed by atoms with E-state index in [-0.39, 0.29) is 17.0 Å². The number of halogens is 1. The quantitative estimate of drug-likeness (QED) is 0.295.